The number of aromatic amines is 1. The van der Waals surface area contributed by atoms with Gasteiger partial charge in [-0.15, -0.1) is 0 Å². The van der Waals surface area contributed by atoms with E-state index in [0.29, 0.717) is 26.8 Å². The maximum absolute atomic E-state index is 13.8. The van der Waals surface area contributed by atoms with Crippen LogP contribution in [0.3, 0.4) is 0 Å². The summed E-state index contributed by atoms with van der Waals surface area (Å²) < 4.78 is 15.2. The van der Waals surface area contributed by atoms with Crippen molar-refractivity contribution in [3.8, 4) is 0 Å². The number of aliphatic hydroxyl groups excluding tert-OH is 1. The molecule has 0 radical (unpaired) electrons. The maximum Gasteiger partial charge on any atom is 0.262 e. The van der Waals surface area contributed by atoms with Crippen molar-refractivity contribution in [2.24, 2.45) is 0 Å². The van der Waals surface area contributed by atoms with Gasteiger partial charge in [-0.25, -0.2) is 14.1 Å². The second kappa shape index (κ2) is 6.69. The average molecular weight is 355 g/mol. The quantitative estimate of drug-likeness (QED) is 0.542. The summed E-state index contributed by atoms with van der Waals surface area (Å²) >= 11 is 7.15. The molecule has 0 unspecified atom stereocenters. The molecule has 23 heavy (non-hydrogen) atoms. The lowest BCUT2D eigenvalue weighted by molar-refractivity contribution is 0.271. The van der Waals surface area contributed by atoms with E-state index in [1.54, 1.807) is 6.07 Å². The van der Waals surface area contributed by atoms with Gasteiger partial charge >= 0.3 is 0 Å². The topological polar surface area (TPSA) is 83.8 Å². The summed E-state index contributed by atoms with van der Waals surface area (Å²) in [5.41, 5.74) is 0.400. The van der Waals surface area contributed by atoms with E-state index in [1.807, 2.05) is 0 Å². The zero-order valence-corrected chi connectivity index (χ0v) is 13.4. The van der Waals surface area contributed by atoms with Crippen LogP contribution in [0, 0.1) is 5.82 Å². The Bertz CT molecular complexity index is 891. The van der Waals surface area contributed by atoms with Crippen LogP contribution < -0.4 is 5.56 Å². The standard InChI is InChI=1S/C14H12ClFN4O2S/c15-10-2-1-3-11(16)9(10)7-23-14-18-12-8(13(22)19-14)6-17-20(12)4-5-21/h1-3,6,21H,4-5,7H2,(H,18,19,22). The monoisotopic (exact) mass is 354 g/mol. The Labute approximate surface area is 139 Å². The van der Waals surface area contributed by atoms with E-state index in [4.69, 9.17) is 16.7 Å². The van der Waals surface area contributed by atoms with E-state index in [1.165, 1.54) is 34.8 Å². The number of fused-ring (bicyclic) bond motifs is 1. The molecule has 2 aromatic heterocycles. The minimum atomic E-state index is -0.404. The molecule has 6 nitrogen and oxygen atoms in total. The van der Waals surface area contributed by atoms with Crippen LogP contribution >= 0.6 is 23.4 Å². The van der Waals surface area contributed by atoms with Crippen LogP contribution in [-0.4, -0.2) is 31.5 Å². The summed E-state index contributed by atoms with van der Waals surface area (Å²) in [6.45, 7) is 0.127. The number of thioether (sulfide) groups is 1. The van der Waals surface area contributed by atoms with E-state index < -0.39 is 5.82 Å². The first-order valence-corrected chi connectivity index (χ1v) is 8.09. The average Bonchev–Trinajstić information content (AvgIpc) is 2.91. The molecule has 3 aromatic rings. The number of rotatable bonds is 5. The van der Waals surface area contributed by atoms with Gasteiger partial charge in [-0.1, -0.05) is 29.4 Å². The van der Waals surface area contributed by atoms with Gasteiger partial charge in [0.05, 0.1) is 19.3 Å². The number of aliphatic hydroxyl groups is 1. The Morgan fingerprint density at radius 1 is 1.43 bits per heavy atom. The van der Waals surface area contributed by atoms with E-state index in [9.17, 15) is 9.18 Å². The summed E-state index contributed by atoms with van der Waals surface area (Å²) in [6, 6.07) is 4.47. The Kier molecular flexibility index (Phi) is 4.65. The Hall–Kier alpha value is -1.90. The van der Waals surface area contributed by atoms with E-state index in [0.717, 1.165) is 0 Å². The predicted molar refractivity (Wildman–Crippen MR) is 86.2 cm³/mol. The highest BCUT2D eigenvalue weighted by molar-refractivity contribution is 7.98. The van der Waals surface area contributed by atoms with Crippen LogP contribution in [0.2, 0.25) is 5.02 Å². The van der Waals surface area contributed by atoms with Crippen molar-refractivity contribution in [2.75, 3.05) is 6.61 Å². The summed E-state index contributed by atoms with van der Waals surface area (Å²) in [5, 5.41) is 14.0. The highest BCUT2D eigenvalue weighted by atomic mass is 35.5. The second-order valence-corrected chi connectivity index (χ2v) is 6.06. The number of H-pyrrole nitrogens is 1. The number of nitrogens with zero attached hydrogens (tertiary/aromatic N) is 3. The van der Waals surface area contributed by atoms with Gasteiger partial charge in [-0.05, 0) is 12.1 Å². The Morgan fingerprint density at radius 3 is 3.00 bits per heavy atom. The highest BCUT2D eigenvalue weighted by Gasteiger charge is 2.12. The van der Waals surface area contributed by atoms with Gasteiger partial charge in [0.2, 0.25) is 0 Å². The van der Waals surface area contributed by atoms with Gasteiger partial charge in [0.1, 0.15) is 11.2 Å². The molecule has 0 aliphatic heterocycles. The van der Waals surface area contributed by atoms with Crippen molar-refractivity contribution in [3.63, 3.8) is 0 Å². The third kappa shape index (κ3) is 3.24. The van der Waals surface area contributed by atoms with Gasteiger partial charge in [0.25, 0.3) is 5.56 Å². The number of hydrogen-bond acceptors (Lipinski definition) is 5. The van der Waals surface area contributed by atoms with Crippen molar-refractivity contribution in [2.45, 2.75) is 17.5 Å². The zero-order valence-electron chi connectivity index (χ0n) is 11.8. The summed E-state index contributed by atoms with van der Waals surface area (Å²) in [6.07, 6.45) is 1.40. The van der Waals surface area contributed by atoms with Gasteiger partial charge in [-0.2, -0.15) is 5.10 Å². The normalized spacial score (nSPS) is 11.3. The number of nitrogens with one attached hydrogen (secondary N) is 1. The molecule has 1 aromatic carbocycles. The fraction of sp³-hybridized carbons (Fsp3) is 0.214. The number of halogens is 2. The van der Waals surface area contributed by atoms with E-state index in [-0.39, 0.29) is 24.5 Å². The van der Waals surface area contributed by atoms with Crippen molar-refractivity contribution < 1.29 is 9.50 Å². The van der Waals surface area contributed by atoms with Crippen LogP contribution in [0.4, 0.5) is 4.39 Å². The molecule has 9 heteroatoms. The molecule has 0 saturated heterocycles. The van der Waals surface area contributed by atoms with Crippen molar-refractivity contribution in [1.82, 2.24) is 19.7 Å². The Balaban J connectivity index is 1.91. The third-order valence-corrected chi connectivity index (χ3v) is 4.46. The molecular weight excluding hydrogens is 343 g/mol. The summed E-state index contributed by atoms with van der Waals surface area (Å²) in [4.78, 5) is 19.0. The molecule has 0 atom stereocenters. The first kappa shape index (κ1) is 16.0. The van der Waals surface area contributed by atoms with Crippen LogP contribution in [0.5, 0.6) is 0 Å². The third-order valence-electron chi connectivity index (χ3n) is 3.21. The molecule has 3 rings (SSSR count). The summed E-state index contributed by atoms with van der Waals surface area (Å²) in [5.74, 6) is -0.174. The molecule has 120 valence electrons. The first-order chi connectivity index (χ1) is 11.1. The maximum atomic E-state index is 13.8. The lowest BCUT2D eigenvalue weighted by atomic mass is 10.2. The van der Waals surface area contributed by atoms with Crippen molar-refractivity contribution in [3.05, 3.63) is 51.2 Å². The van der Waals surface area contributed by atoms with Crippen molar-refractivity contribution in [1.29, 1.82) is 0 Å². The lowest BCUT2D eigenvalue weighted by Crippen LogP contribution is -2.11. The minimum Gasteiger partial charge on any atom is -0.394 e. The second-order valence-electron chi connectivity index (χ2n) is 4.69. The van der Waals surface area contributed by atoms with Gasteiger partial charge < -0.3 is 10.1 Å². The molecule has 2 heterocycles. The predicted octanol–water partition coefficient (Wildman–Crippen LogP) is 2.20. The molecule has 0 amide bonds. The molecule has 0 bridgehead atoms. The summed E-state index contributed by atoms with van der Waals surface area (Å²) in [7, 11) is 0. The smallest absolute Gasteiger partial charge is 0.262 e. The largest absolute Gasteiger partial charge is 0.394 e. The fourth-order valence-electron chi connectivity index (χ4n) is 2.08. The molecule has 0 aliphatic rings. The van der Waals surface area contributed by atoms with Gasteiger partial charge in [0, 0.05) is 16.3 Å². The van der Waals surface area contributed by atoms with Crippen LogP contribution in [0.25, 0.3) is 11.0 Å². The molecular formula is C14H12ClFN4O2S. The molecule has 0 aliphatic carbocycles. The molecule has 2 N–H and O–H groups in total. The fourth-order valence-corrected chi connectivity index (χ4v) is 3.28. The minimum absolute atomic E-state index is 0.113. The number of hydrogen-bond donors (Lipinski definition) is 2. The van der Waals surface area contributed by atoms with E-state index in [2.05, 4.69) is 15.1 Å². The molecule has 0 spiro atoms. The van der Waals surface area contributed by atoms with Gasteiger partial charge in [-0.3, -0.25) is 4.79 Å². The van der Waals surface area contributed by atoms with Crippen LogP contribution in [0.15, 0.2) is 34.3 Å². The van der Waals surface area contributed by atoms with Crippen LogP contribution in [-0.2, 0) is 12.3 Å². The molecule has 0 fully saturated rings. The van der Waals surface area contributed by atoms with Crippen LogP contribution in [0.1, 0.15) is 5.56 Å². The lowest BCUT2D eigenvalue weighted by Gasteiger charge is -2.06. The Morgan fingerprint density at radius 2 is 2.26 bits per heavy atom. The van der Waals surface area contributed by atoms with Crippen molar-refractivity contribution >= 4 is 34.4 Å². The highest BCUT2D eigenvalue weighted by Crippen LogP contribution is 2.26. The number of benzene rings is 1. The zero-order chi connectivity index (χ0) is 16.4. The van der Waals surface area contributed by atoms with E-state index >= 15 is 0 Å². The van der Waals surface area contributed by atoms with Gasteiger partial charge in [0.15, 0.2) is 10.8 Å². The number of aromatic nitrogens is 4. The SMILES string of the molecule is O=c1[nH]c(SCc2c(F)cccc2Cl)nc2c1cnn2CCO. The molecule has 0 saturated carbocycles. The first-order valence-electron chi connectivity index (χ1n) is 6.72.